The summed E-state index contributed by atoms with van der Waals surface area (Å²) in [6.07, 6.45) is 1.10. The lowest BCUT2D eigenvalue weighted by Gasteiger charge is -2.26. The molecule has 0 aromatic carbocycles. The molecule has 2 unspecified atom stereocenters. The van der Waals surface area contributed by atoms with E-state index in [0.717, 1.165) is 19.3 Å². The van der Waals surface area contributed by atoms with E-state index in [1.165, 1.54) is 10.9 Å². The second-order valence-electron chi connectivity index (χ2n) is 7.33. The number of aromatic nitrogens is 4. The second kappa shape index (κ2) is 7.27. The Labute approximate surface area is 161 Å². The molecule has 2 aromatic heterocycles. The van der Waals surface area contributed by atoms with E-state index in [0.29, 0.717) is 18.4 Å². The maximum atomic E-state index is 10.5. The van der Waals surface area contributed by atoms with Crippen molar-refractivity contribution in [3.05, 3.63) is 12.2 Å². The maximum Gasteiger partial charge on any atom is 0.209 e. The number of aliphatic hydroxyl groups excluding tert-OH is 3. The van der Waals surface area contributed by atoms with Gasteiger partial charge in [0.15, 0.2) is 17.7 Å². The van der Waals surface area contributed by atoms with Crippen molar-refractivity contribution >= 4 is 17.0 Å². The third kappa shape index (κ3) is 3.32. The number of anilines is 1. The van der Waals surface area contributed by atoms with Gasteiger partial charge in [-0.2, -0.15) is 0 Å². The summed E-state index contributed by atoms with van der Waals surface area (Å²) in [4.78, 5) is 12.6. The Hall–Kier alpha value is -2.29. The van der Waals surface area contributed by atoms with Crippen LogP contribution in [0.4, 0.5) is 5.82 Å². The third-order valence-electron chi connectivity index (χ3n) is 5.33. The summed E-state index contributed by atoms with van der Waals surface area (Å²) in [5.74, 6) is 5.89. The van der Waals surface area contributed by atoms with Gasteiger partial charge in [0.05, 0.1) is 12.9 Å². The minimum atomic E-state index is -1.27. The van der Waals surface area contributed by atoms with Gasteiger partial charge in [0.25, 0.3) is 0 Å². The summed E-state index contributed by atoms with van der Waals surface area (Å²) >= 11 is 0. The molecule has 2 aromatic rings. The van der Waals surface area contributed by atoms with Crippen molar-refractivity contribution in [1.82, 2.24) is 19.5 Å². The lowest BCUT2D eigenvalue weighted by Crippen LogP contribution is -2.33. The molecule has 3 heterocycles. The molecule has 4 atom stereocenters. The standard InChI is InChI=1S/C18H23N5O5/c19-15-12-16(22-11(21-15)4-7-18(27)5-2-1-3-6-18)23(9-20-12)17-14(26)13(25)10(8-24)28-17/h9-10,13-14,17,24-27H,1-3,5-6,8H2,(H2,19,21,22)/t10-,13?,14?,17-/m1/s1. The molecule has 2 aliphatic rings. The van der Waals surface area contributed by atoms with Crippen LogP contribution in [0.15, 0.2) is 6.33 Å². The molecular weight excluding hydrogens is 366 g/mol. The van der Waals surface area contributed by atoms with E-state index in [9.17, 15) is 20.4 Å². The smallest absolute Gasteiger partial charge is 0.209 e. The Morgan fingerprint density at radius 2 is 1.96 bits per heavy atom. The number of ether oxygens (including phenoxy) is 1. The van der Waals surface area contributed by atoms with Crippen molar-refractivity contribution in [2.24, 2.45) is 0 Å². The fraction of sp³-hybridized carbons (Fsp3) is 0.611. The molecule has 6 N–H and O–H groups in total. The summed E-state index contributed by atoms with van der Waals surface area (Å²) in [7, 11) is 0. The van der Waals surface area contributed by atoms with Crippen LogP contribution in [0, 0.1) is 11.8 Å². The Bertz CT molecular complexity index is 930. The van der Waals surface area contributed by atoms with Gasteiger partial charge in [0, 0.05) is 0 Å². The van der Waals surface area contributed by atoms with E-state index in [1.54, 1.807) is 0 Å². The van der Waals surface area contributed by atoms with Crippen LogP contribution in [0.5, 0.6) is 0 Å². The fourth-order valence-corrected chi connectivity index (χ4v) is 3.72. The molecule has 4 rings (SSSR count). The molecule has 0 radical (unpaired) electrons. The van der Waals surface area contributed by atoms with Crippen molar-refractivity contribution in [2.45, 2.75) is 62.2 Å². The van der Waals surface area contributed by atoms with Gasteiger partial charge in [0.2, 0.25) is 5.82 Å². The molecule has 1 aliphatic heterocycles. The van der Waals surface area contributed by atoms with Crippen LogP contribution in [0.25, 0.3) is 11.2 Å². The largest absolute Gasteiger partial charge is 0.394 e. The molecule has 2 fully saturated rings. The normalized spacial score (nSPS) is 29.6. The highest BCUT2D eigenvalue weighted by atomic mass is 16.6. The number of rotatable bonds is 2. The molecule has 1 aliphatic carbocycles. The zero-order chi connectivity index (χ0) is 19.9. The Morgan fingerprint density at radius 3 is 2.64 bits per heavy atom. The predicted molar refractivity (Wildman–Crippen MR) is 97.7 cm³/mol. The van der Waals surface area contributed by atoms with Gasteiger partial charge in [-0.05, 0) is 31.6 Å². The van der Waals surface area contributed by atoms with Crippen molar-refractivity contribution < 1.29 is 25.2 Å². The molecule has 1 saturated heterocycles. The molecule has 10 heteroatoms. The molecule has 1 saturated carbocycles. The second-order valence-corrected chi connectivity index (χ2v) is 7.33. The van der Waals surface area contributed by atoms with Gasteiger partial charge >= 0.3 is 0 Å². The number of imidazole rings is 1. The lowest BCUT2D eigenvalue weighted by atomic mass is 9.85. The lowest BCUT2D eigenvalue weighted by molar-refractivity contribution is -0.0511. The topological polar surface area (TPSA) is 160 Å². The van der Waals surface area contributed by atoms with E-state index in [4.69, 9.17) is 10.5 Å². The van der Waals surface area contributed by atoms with Crippen LogP contribution in [-0.4, -0.2) is 70.5 Å². The minimum Gasteiger partial charge on any atom is -0.394 e. The molecule has 0 amide bonds. The highest BCUT2D eigenvalue weighted by Gasteiger charge is 2.44. The molecule has 10 nitrogen and oxygen atoms in total. The molecule has 0 spiro atoms. The summed E-state index contributed by atoms with van der Waals surface area (Å²) < 4.78 is 6.96. The number of hydrogen-bond acceptors (Lipinski definition) is 9. The average molecular weight is 389 g/mol. The highest BCUT2D eigenvalue weighted by molar-refractivity contribution is 5.82. The van der Waals surface area contributed by atoms with Gasteiger partial charge in [-0.15, -0.1) is 0 Å². The average Bonchev–Trinajstić information content (AvgIpc) is 3.23. The quantitative estimate of drug-likeness (QED) is 0.409. The van der Waals surface area contributed by atoms with Crippen molar-refractivity contribution in [3.8, 4) is 11.8 Å². The van der Waals surface area contributed by atoms with Crippen molar-refractivity contribution in [1.29, 1.82) is 0 Å². The number of nitrogens with zero attached hydrogens (tertiary/aromatic N) is 4. The Kier molecular flexibility index (Phi) is 4.95. The number of nitrogens with two attached hydrogens (primary N) is 1. The molecule has 0 bridgehead atoms. The van der Waals surface area contributed by atoms with E-state index < -0.39 is 36.7 Å². The zero-order valence-corrected chi connectivity index (χ0v) is 15.2. The first-order valence-corrected chi connectivity index (χ1v) is 9.30. The van der Waals surface area contributed by atoms with Gasteiger partial charge in [-0.25, -0.2) is 15.0 Å². The minimum absolute atomic E-state index is 0.107. The first-order valence-electron chi connectivity index (χ1n) is 9.30. The van der Waals surface area contributed by atoms with E-state index in [2.05, 4.69) is 26.8 Å². The molecule has 28 heavy (non-hydrogen) atoms. The monoisotopic (exact) mass is 389 g/mol. The Balaban J connectivity index is 1.70. The van der Waals surface area contributed by atoms with Crippen molar-refractivity contribution in [3.63, 3.8) is 0 Å². The molecule has 150 valence electrons. The summed E-state index contributed by atoms with van der Waals surface area (Å²) in [6.45, 7) is -0.437. The first-order chi connectivity index (χ1) is 13.4. The van der Waals surface area contributed by atoms with Crippen LogP contribution in [0.1, 0.15) is 44.2 Å². The predicted octanol–water partition coefficient (Wildman–Crippen LogP) is -0.933. The SMILES string of the molecule is Nc1nc(C#CC2(O)CCCCC2)nc2c1ncn2[C@@H]1O[C@H](CO)C(O)C1O. The number of hydrogen-bond donors (Lipinski definition) is 5. The van der Waals surface area contributed by atoms with E-state index >= 15 is 0 Å². The van der Waals surface area contributed by atoms with Gasteiger partial charge in [0.1, 0.15) is 29.4 Å². The highest BCUT2D eigenvalue weighted by Crippen LogP contribution is 2.32. The van der Waals surface area contributed by atoms with Crippen LogP contribution < -0.4 is 5.73 Å². The number of nitrogen functional groups attached to an aromatic ring is 1. The van der Waals surface area contributed by atoms with Gasteiger partial charge < -0.3 is 30.9 Å². The zero-order valence-electron chi connectivity index (χ0n) is 15.2. The number of aliphatic hydroxyl groups is 4. The summed E-state index contributed by atoms with van der Waals surface area (Å²) in [5, 5.41) is 40.1. The van der Waals surface area contributed by atoms with Crippen LogP contribution in [0.3, 0.4) is 0 Å². The summed E-state index contributed by atoms with van der Waals surface area (Å²) in [5.41, 5.74) is 5.51. The third-order valence-corrected chi connectivity index (χ3v) is 5.33. The van der Waals surface area contributed by atoms with Crippen LogP contribution in [-0.2, 0) is 4.74 Å². The van der Waals surface area contributed by atoms with Gasteiger partial charge in [-0.3, -0.25) is 4.57 Å². The maximum absolute atomic E-state index is 10.5. The van der Waals surface area contributed by atoms with Crippen molar-refractivity contribution in [2.75, 3.05) is 12.3 Å². The van der Waals surface area contributed by atoms with Crippen LogP contribution in [0.2, 0.25) is 0 Å². The van der Waals surface area contributed by atoms with E-state index in [-0.39, 0.29) is 17.3 Å². The first kappa shape index (κ1) is 19.0. The summed E-state index contributed by atoms with van der Waals surface area (Å²) in [6, 6.07) is 0. The van der Waals surface area contributed by atoms with E-state index in [1.807, 2.05) is 0 Å². The number of fused-ring (bicyclic) bond motifs is 1. The molecular formula is C18H23N5O5. The fourth-order valence-electron chi connectivity index (χ4n) is 3.72. The van der Waals surface area contributed by atoms with Crippen LogP contribution >= 0.6 is 0 Å². The van der Waals surface area contributed by atoms with Gasteiger partial charge in [-0.1, -0.05) is 12.3 Å². The Morgan fingerprint density at radius 1 is 1.21 bits per heavy atom.